The van der Waals surface area contributed by atoms with E-state index in [-0.39, 0.29) is 0 Å². The summed E-state index contributed by atoms with van der Waals surface area (Å²) in [5.41, 5.74) is 5.40. The Kier molecular flexibility index (Phi) is 4.88. The number of halogens is 1. The predicted molar refractivity (Wildman–Crippen MR) is 102 cm³/mol. The second kappa shape index (κ2) is 7.07. The van der Waals surface area contributed by atoms with Crippen LogP contribution in [-0.2, 0) is 0 Å². The van der Waals surface area contributed by atoms with Gasteiger partial charge < -0.3 is 10.5 Å². The predicted octanol–water partition coefficient (Wildman–Crippen LogP) is 5.99. The zero-order valence-electron chi connectivity index (χ0n) is 13.4. The van der Waals surface area contributed by atoms with E-state index in [9.17, 15) is 5.21 Å². The van der Waals surface area contributed by atoms with Crippen LogP contribution in [0.15, 0.2) is 59.1 Å². The molecule has 0 aliphatic rings. The first-order valence-corrected chi connectivity index (χ1v) is 8.74. The number of aryl methyl sites for hydroxylation is 2. The quantitative estimate of drug-likeness (QED) is 0.342. The standard InChI is InChI=1S/C19H17ClN2OS/c1-12-9-18(24-11-12)19(22-23)15-8-7-14(10-16(15)20)21-17-6-4-3-5-13(17)2/h3-11,21,23H,1-2H3/b22-19+. The van der Waals surface area contributed by atoms with Crippen molar-refractivity contribution in [1.82, 2.24) is 0 Å². The van der Waals surface area contributed by atoms with Crippen molar-refractivity contribution in [2.24, 2.45) is 5.16 Å². The van der Waals surface area contributed by atoms with E-state index in [1.54, 1.807) is 0 Å². The van der Waals surface area contributed by atoms with Crippen molar-refractivity contribution in [3.63, 3.8) is 0 Å². The molecule has 24 heavy (non-hydrogen) atoms. The fourth-order valence-electron chi connectivity index (χ4n) is 2.44. The number of para-hydroxylation sites is 1. The van der Waals surface area contributed by atoms with Gasteiger partial charge in [-0.25, -0.2) is 0 Å². The van der Waals surface area contributed by atoms with E-state index in [4.69, 9.17) is 11.6 Å². The maximum absolute atomic E-state index is 9.43. The Bertz CT molecular complexity index is 902. The third kappa shape index (κ3) is 3.45. The van der Waals surface area contributed by atoms with E-state index >= 15 is 0 Å². The number of benzene rings is 2. The van der Waals surface area contributed by atoms with Gasteiger partial charge in [0.2, 0.25) is 0 Å². The molecule has 0 saturated carbocycles. The largest absolute Gasteiger partial charge is 0.410 e. The molecule has 3 aromatic rings. The molecule has 1 aromatic heterocycles. The molecule has 0 unspecified atom stereocenters. The molecule has 3 rings (SSSR count). The zero-order valence-corrected chi connectivity index (χ0v) is 14.9. The van der Waals surface area contributed by atoms with E-state index in [1.165, 1.54) is 11.3 Å². The molecule has 2 aromatic carbocycles. The molecule has 0 aliphatic heterocycles. The van der Waals surface area contributed by atoms with Crippen molar-refractivity contribution in [2.75, 3.05) is 5.32 Å². The molecule has 2 N–H and O–H groups in total. The van der Waals surface area contributed by atoms with Crippen LogP contribution in [0.5, 0.6) is 0 Å². The molecule has 5 heteroatoms. The zero-order chi connectivity index (χ0) is 17.1. The summed E-state index contributed by atoms with van der Waals surface area (Å²) in [5, 5.41) is 18.8. The summed E-state index contributed by atoms with van der Waals surface area (Å²) in [6.07, 6.45) is 0. The van der Waals surface area contributed by atoms with Crippen molar-refractivity contribution < 1.29 is 5.21 Å². The van der Waals surface area contributed by atoms with Gasteiger partial charge in [0, 0.05) is 16.9 Å². The van der Waals surface area contributed by atoms with Gasteiger partial charge in [0.1, 0.15) is 5.71 Å². The molecular formula is C19H17ClN2OS. The maximum Gasteiger partial charge on any atom is 0.128 e. The van der Waals surface area contributed by atoms with Crippen LogP contribution in [0.25, 0.3) is 0 Å². The first-order valence-electron chi connectivity index (χ1n) is 7.48. The highest BCUT2D eigenvalue weighted by Crippen LogP contribution is 2.28. The molecule has 0 aliphatic carbocycles. The lowest BCUT2D eigenvalue weighted by Gasteiger charge is -2.12. The molecule has 0 atom stereocenters. The van der Waals surface area contributed by atoms with Crippen LogP contribution < -0.4 is 5.32 Å². The average Bonchev–Trinajstić information content (AvgIpc) is 2.98. The van der Waals surface area contributed by atoms with Gasteiger partial charge in [-0.05, 0) is 60.7 Å². The van der Waals surface area contributed by atoms with Crippen molar-refractivity contribution in [3.8, 4) is 0 Å². The number of nitrogens with one attached hydrogen (secondary N) is 1. The Morgan fingerprint density at radius 3 is 2.54 bits per heavy atom. The summed E-state index contributed by atoms with van der Waals surface area (Å²) < 4.78 is 0. The molecule has 122 valence electrons. The summed E-state index contributed by atoms with van der Waals surface area (Å²) in [7, 11) is 0. The third-order valence-corrected chi connectivity index (χ3v) is 5.08. The van der Waals surface area contributed by atoms with E-state index in [2.05, 4.69) is 10.5 Å². The first kappa shape index (κ1) is 16.6. The van der Waals surface area contributed by atoms with Gasteiger partial charge in [-0.15, -0.1) is 11.3 Å². The summed E-state index contributed by atoms with van der Waals surface area (Å²) in [6, 6.07) is 15.7. The van der Waals surface area contributed by atoms with E-state index in [0.717, 1.165) is 27.4 Å². The van der Waals surface area contributed by atoms with Gasteiger partial charge in [0.15, 0.2) is 0 Å². The van der Waals surface area contributed by atoms with Gasteiger partial charge in [-0.1, -0.05) is 35.0 Å². The van der Waals surface area contributed by atoms with Crippen LogP contribution in [-0.4, -0.2) is 10.9 Å². The van der Waals surface area contributed by atoms with E-state index in [0.29, 0.717) is 16.3 Å². The van der Waals surface area contributed by atoms with Gasteiger partial charge in [-0.3, -0.25) is 0 Å². The van der Waals surface area contributed by atoms with Crippen LogP contribution >= 0.6 is 22.9 Å². The van der Waals surface area contributed by atoms with Crippen LogP contribution in [0.4, 0.5) is 11.4 Å². The minimum atomic E-state index is 0.487. The third-order valence-electron chi connectivity index (χ3n) is 3.71. The highest BCUT2D eigenvalue weighted by Gasteiger charge is 2.14. The first-order chi connectivity index (χ1) is 11.6. The van der Waals surface area contributed by atoms with E-state index in [1.807, 2.05) is 67.8 Å². The number of oxime groups is 1. The highest BCUT2D eigenvalue weighted by molar-refractivity contribution is 7.12. The Balaban J connectivity index is 1.91. The molecule has 0 bridgehead atoms. The number of nitrogens with zero attached hydrogens (tertiary/aromatic N) is 1. The Morgan fingerprint density at radius 1 is 1.12 bits per heavy atom. The van der Waals surface area contributed by atoms with Crippen LogP contribution in [0.3, 0.4) is 0 Å². The van der Waals surface area contributed by atoms with Crippen LogP contribution in [0.1, 0.15) is 21.6 Å². The average molecular weight is 357 g/mol. The minimum absolute atomic E-state index is 0.487. The van der Waals surface area contributed by atoms with Crippen LogP contribution in [0.2, 0.25) is 5.02 Å². The molecule has 0 fully saturated rings. The minimum Gasteiger partial charge on any atom is -0.410 e. The monoisotopic (exact) mass is 356 g/mol. The van der Waals surface area contributed by atoms with Crippen molar-refractivity contribution >= 4 is 40.0 Å². The normalized spacial score (nSPS) is 11.5. The SMILES string of the molecule is Cc1csc(/C(=N/O)c2ccc(Nc3ccccc3C)cc2Cl)c1. The topological polar surface area (TPSA) is 44.6 Å². The fourth-order valence-corrected chi connectivity index (χ4v) is 3.61. The number of rotatable bonds is 4. The van der Waals surface area contributed by atoms with Crippen molar-refractivity contribution in [3.05, 3.63) is 80.5 Å². The lowest BCUT2D eigenvalue weighted by molar-refractivity contribution is 0.320. The second-order valence-corrected chi connectivity index (χ2v) is 6.89. The lowest BCUT2D eigenvalue weighted by Crippen LogP contribution is -2.03. The molecule has 0 amide bonds. The van der Waals surface area contributed by atoms with Gasteiger partial charge in [0.05, 0.1) is 9.90 Å². The molecule has 0 radical (unpaired) electrons. The van der Waals surface area contributed by atoms with Gasteiger partial charge in [-0.2, -0.15) is 0 Å². The number of hydrogen-bond acceptors (Lipinski definition) is 4. The Labute approximate surface area is 150 Å². The van der Waals surface area contributed by atoms with Crippen molar-refractivity contribution in [2.45, 2.75) is 13.8 Å². The van der Waals surface area contributed by atoms with Crippen LogP contribution in [0, 0.1) is 13.8 Å². The fraction of sp³-hybridized carbons (Fsp3) is 0.105. The molecular weight excluding hydrogens is 340 g/mol. The molecule has 3 nitrogen and oxygen atoms in total. The highest BCUT2D eigenvalue weighted by atomic mass is 35.5. The second-order valence-electron chi connectivity index (χ2n) is 5.57. The summed E-state index contributed by atoms with van der Waals surface area (Å²) in [5.74, 6) is 0. The lowest BCUT2D eigenvalue weighted by atomic mass is 10.1. The van der Waals surface area contributed by atoms with Gasteiger partial charge in [0.25, 0.3) is 0 Å². The smallest absolute Gasteiger partial charge is 0.128 e. The van der Waals surface area contributed by atoms with Crippen molar-refractivity contribution in [1.29, 1.82) is 0 Å². The maximum atomic E-state index is 9.43. The summed E-state index contributed by atoms with van der Waals surface area (Å²) in [4.78, 5) is 0.886. The van der Waals surface area contributed by atoms with Gasteiger partial charge >= 0.3 is 0 Å². The Morgan fingerprint density at radius 2 is 1.92 bits per heavy atom. The number of thiophene rings is 1. The summed E-state index contributed by atoms with van der Waals surface area (Å²) >= 11 is 7.97. The molecule has 1 heterocycles. The summed E-state index contributed by atoms with van der Waals surface area (Å²) in [6.45, 7) is 4.06. The Hall–Kier alpha value is -2.30. The molecule has 0 saturated heterocycles. The number of anilines is 2. The van der Waals surface area contributed by atoms with E-state index < -0.39 is 0 Å². The number of hydrogen-bond donors (Lipinski definition) is 2. The molecule has 0 spiro atoms.